The van der Waals surface area contributed by atoms with Crippen molar-refractivity contribution in [2.45, 2.75) is 31.9 Å². The fraction of sp³-hybridized carbons (Fsp3) is 0.529. The van der Waals surface area contributed by atoms with Gasteiger partial charge in [0.25, 0.3) is 0 Å². The third kappa shape index (κ3) is 3.74. The fourth-order valence-electron chi connectivity index (χ4n) is 3.93. The molecule has 0 aliphatic heterocycles. The van der Waals surface area contributed by atoms with Crippen LogP contribution in [0.2, 0.25) is 0 Å². The molecule has 0 spiro atoms. The number of benzene rings is 1. The zero-order valence-electron chi connectivity index (χ0n) is 12.6. The minimum atomic E-state index is -4.08. The summed E-state index contributed by atoms with van der Waals surface area (Å²) in [4.78, 5) is 11.8. The van der Waals surface area contributed by atoms with Crippen molar-refractivity contribution in [1.82, 2.24) is 5.43 Å². The van der Waals surface area contributed by atoms with Crippen molar-refractivity contribution in [3.05, 3.63) is 35.9 Å². The van der Waals surface area contributed by atoms with Crippen molar-refractivity contribution in [2.24, 2.45) is 28.8 Å². The number of hydrogen-bond donors (Lipinski definition) is 1. The van der Waals surface area contributed by atoms with Gasteiger partial charge < -0.3 is 0 Å². The van der Waals surface area contributed by atoms with Crippen LogP contribution in [0.15, 0.2) is 35.4 Å². The van der Waals surface area contributed by atoms with Crippen molar-refractivity contribution in [3.8, 4) is 0 Å². The smallest absolute Gasteiger partial charge is 0.273 e. The first kappa shape index (κ1) is 16.0. The number of hydrazone groups is 1. The summed E-state index contributed by atoms with van der Waals surface area (Å²) in [5.41, 5.74) is 3.36. The number of rotatable bonds is 4. The first-order valence-electron chi connectivity index (χ1n) is 7.86. The molecule has 124 valence electrons. The second-order valence-corrected chi connectivity index (χ2v) is 6.51. The van der Waals surface area contributed by atoms with Crippen LogP contribution >= 0.6 is 0 Å². The number of fused-ring (bicyclic) bond motifs is 2. The first-order chi connectivity index (χ1) is 10.9. The molecule has 1 N–H and O–H groups in total. The lowest BCUT2D eigenvalue weighted by molar-refractivity contribution is -0.187. The van der Waals surface area contributed by atoms with E-state index in [1.165, 1.54) is 0 Å². The standard InChI is InChI=1S/C17H19F3N2O/c18-17(19,20)15-9-12-7-13(15)8-14(12)10-21-22-16(23)6-11-4-2-1-3-5-11/h1-5,10,12-15H,6-9H2,(H,22,23). The van der Waals surface area contributed by atoms with Gasteiger partial charge >= 0.3 is 6.18 Å². The highest BCUT2D eigenvalue weighted by Crippen LogP contribution is 2.56. The van der Waals surface area contributed by atoms with Crippen LogP contribution in [0.4, 0.5) is 13.2 Å². The Kier molecular flexibility index (Phi) is 4.41. The average Bonchev–Trinajstić information content (AvgIpc) is 3.08. The van der Waals surface area contributed by atoms with Crippen molar-refractivity contribution < 1.29 is 18.0 Å². The summed E-state index contributed by atoms with van der Waals surface area (Å²) in [6, 6.07) is 9.31. The van der Waals surface area contributed by atoms with E-state index in [2.05, 4.69) is 10.5 Å². The van der Waals surface area contributed by atoms with Crippen LogP contribution < -0.4 is 5.43 Å². The monoisotopic (exact) mass is 324 g/mol. The first-order valence-corrected chi connectivity index (χ1v) is 7.86. The molecular formula is C17H19F3N2O. The molecule has 1 aromatic carbocycles. The molecule has 6 heteroatoms. The summed E-state index contributed by atoms with van der Waals surface area (Å²) >= 11 is 0. The van der Waals surface area contributed by atoms with Gasteiger partial charge in [-0.05, 0) is 42.6 Å². The van der Waals surface area contributed by atoms with Crippen molar-refractivity contribution in [2.75, 3.05) is 0 Å². The Morgan fingerprint density at radius 1 is 1.17 bits per heavy atom. The van der Waals surface area contributed by atoms with Gasteiger partial charge in [0.05, 0.1) is 12.3 Å². The molecule has 3 rings (SSSR count). The van der Waals surface area contributed by atoms with E-state index in [1.807, 2.05) is 30.3 Å². The van der Waals surface area contributed by atoms with Gasteiger partial charge in [-0.15, -0.1) is 0 Å². The number of nitrogens with zero attached hydrogens (tertiary/aromatic N) is 1. The Bertz CT molecular complexity index is 585. The quantitative estimate of drug-likeness (QED) is 0.668. The highest BCUT2D eigenvalue weighted by atomic mass is 19.4. The highest BCUT2D eigenvalue weighted by molar-refractivity contribution is 5.79. The number of carbonyl (C=O) groups excluding carboxylic acids is 1. The summed E-state index contributed by atoms with van der Waals surface area (Å²) in [6.45, 7) is 0. The Balaban J connectivity index is 1.47. The topological polar surface area (TPSA) is 41.5 Å². The van der Waals surface area contributed by atoms with Crippen LogP contribution in [0, 0.1) is 23.7 Å². The molecule has 0 heterocycles. The van der Waals surface area contributed by atoms with Crippen LogP contribution in [0.5, 0.6) is 0 Å². The molecule has 2 aliphatic carbocycles. The van der Waals surface area contributed by atoms with Gasteiger partial charge in [0.2, 0.25) is 5.91 Å². The Morgan fingerprint density at radius 3 is 2.52 bits per heavy atom. The normalized spacial score (nSPS) is 30.0. The molecule has 3 nitrogen and oxygen atoms in total. The predicted octanol–water partition coefficient (Wildman–Crippen LogP) is 3.56. The highest BCUT2D eigenvalue weighted by Gasteiger charge is 2.55. The number of hydrogen-bond acceptors (Lipinski definition) is 2. The number of alkyl halides is 3. The van der Waals surface area contributed by atoms with E-state index >= 15 is 0 Å². The summed E-state index contributed by atoms with van der Waals surface area (Å²) in [5, 5.41) is 3.95. The van der Waals surface area contributed by atoms with Crippen molar-refractivity contribution in [1.29, 1.82) is 0 Å². The summed E-state index contributed by atoms with van der Waals surface area (Å²) in [5.74, 6) is -1.55. The zero-order chi connectivity index (χ0) is 16.4. The maximum Gasteiger partial charge on any atom is 0.392 e. The molecule has 4 unspecified atom stereocenters. The van der Waals surface area contributed by atoms with Crippen LogP contribution in [0.25, 0.3) is 0 Å². The molecule has 1 aromatic rings. The van der Waals surface area contributed by atoms with E-state index in [1.54, 1.807) is 6.21 Å². The van der Waals surface area contributed by atoms with E-state index in [0.29, 0.717) is 12.8 Å². The summed E-state index contributed by atoms with van der Waals surface area (Å²) in [6.07, 6.45) is -0.870. The van der Waals surface area contributed by atoms with Crippen LogP contribution in [0.3, 0.4) is 0 Å². The lowest BCUT2D eigenvalue weighted by atomic mass is 9.82. The van der Waals surface area contributed by atoms with E-state index in [4.69, 9.17) is 0 Å². The molecule has 4 atom stereocenters. The minimum Gasteiger partial charge on any atom is -0.273 e. The van der Waals surface area contributed by atoms with Crippen molar-refractivity contribution in [3.63, 3.8) is 0 Å². The molecule has 0 aromatic heterocycles. The third-order valence-corrected chi connectivity index (χ3v) is 4.99. The van der Waals surface area contributed by atoms with Gasteiger partial charge in [0.15, 0.2) is 0 Å². The Morgan fingerprint density at radius 2 is 1.91 bits per heavy atom. The summed E-state index contributed by atoms with van der Waals surface area (Å²) in [7, 11) is 0. The second kappa shape index (κ2) is 6.34. The van der Waals surface area contributed by atoms with Gasteiger partial charge in [-0.2, -0.15) is 18.3 Å². The van der Waals surface area contributed by atoms with Crippen LogP contribution in [-0.4, -0.2) is 18.3 Å². The molecule has 2 bridgehead atoms. The van der Waals surface area contributed by atoms with Gasteiger partial charge in [-0.25, -0.2) is 5.43 Å². The van der Waals surface area contributed by atoms with Gasteiger partial charge in [-0.3, -0.25) is 4.79 Å². The second-order valence-electron chi connectivity index (χ2n) is 6.51. The molecule has 2 aliphatic rings. The zero-order valence-corrected chi connectivity index (χ0v) is 12.6. The lowest BCUT2D eigenvalue weighted by Crippen LogP contribution is -2.31. The van der Waals surface area contributed by atoms with Gasteiger partial charge in [0, 0.05) is 6.21 Å². The molecule has 2 saturated carbocycles. The Labute approximate surface area is 133 Å². The maximum absolute atomic E-state index is 12.8. The van der Waals surface area contributed by atoms with Crippen LogP contribution in [0.1, 0.15) is 24.8 Å². The molecule has 2 fully saturated rings. The van der Waals surface area contributed by atoms with Crippen LogP contribution in [-0.2, 0) is 11.2 Å². The average molecular weight is 324 g/mol. The molecule has 1 amide bonds. The largest absolute Gasteiger partial charge is 0.392 e. The fourth-order valence-corrected chi connectivity index (χ4v) is 3.93. The maximum atomic E-state index is 12.8. The number of halogens is 3. The van der Waals surface area contributed by atoms with E-state index in [9.17, 15) is 18.0 Å². The van der Waals surface area contributed by atoms with Gasteiger partial charge in [-0.1, -0.05) is 30.3 Å². The number of carbonyl (C=O) groups is 1. The molecule has 0 radical (unpaired) electrons. The number of nitrogens with one attached hydrogen (secondary N) is 1. The van der Waals surface area contributed by atoms with Gasteiger partial charge in [0.1, 0.15) is 0 Å². The van der Waals surface area contributed by atoms with E-state index < -0.39 is 12.1 Å². The lowest BCUT2D eigenvalue weighted by Gasteiger charge is -2.27. The molecule has 23 heavy (non-hydrogen) atoms. The third-order valence-electron chi connectivity index (χ3n) is 4.99. The Hall–Kier alpha value is -1.85. The molecular weight excluding hydrogens is 305 g/mol. The van der Waals surface area contributed by atoms with E-state index in [-0.39, 0.29) is 36.5 Å². The van der Waals surface area contributed by atoms with E-state index in [0.717, 1.165) is 5.56 Å². The summed E-state index contributed by atoms with van der Waals surface area (Å²) < 4.78 is 38.5. The predicted molar refractivity (Wildman–Crippen MR) is 80.6 cm³/mol. The number of amides is 1. The molecule has 0 saturated heterocycles. The SMILES string of the molecule is O=C(Cc1ccccc1)NN=CC1CC2CC1CC2C(F)(F)F. The van der Waals surface area contributed by atoms with Crippen molar-refractivity contribution >= 4 is 12.1 Å². The minimum absolute atomic E-state index is 0.0430.